The van der Waals surface area contributed by atoms with Crippen LogP contribution in [0.4, 0.5) is 11.6 Å². The predicted molar refractivity (Wildman–Crippen MR) is 87.1 cm³/mol. The predicted octanol–water partition coefficient (Wildman–Crippen LogP) is 3.72. The summed E-state index contributed by atoms with van der Waals surface area (Å²) in [6.45, 7) is 3.87. The van der Waals surface area contributed by atoms with E-state index in [1.165, 1.54) is 5.56 Å². The summed E-state index contributed by atoms with van der Waals surface area (Å²) in [5.41, 5.74) is 1.31. The standard InChI is InChI=1S/C15H19BrN4/c1-2-9-17-14-13(16)15(20-11-19-14)18-10-8-12-6-4-3-5-7-12/h3-7,11H,2,8-10H2,1H3,(H2,17,18,19,20). The lowest BCUT2D eigenvalue weighted by Gasteiger charge is -2.11. The van der Waals surface area contributed by atoms with Gasteiger partial charge >= 0.3 is 0 Å². The van der Waals surface area contributed by atoms with Crippen molar-refractivity contribution in [2.24, 2.45) is 0 Å². The molecule has 0 spiro atoms. The first-order valence-corrected chi connectivity index (χ1v) is 7.62. The number of nitrogens with one attached hydrogen (secondary N) is 2. The van der Waals surface area contributed by atoms with Crippen molar-refractivity contribution in [2.45, 2.75) is 19.8 Å². The Bertz CT molecular complexity index is 531. The van der Waals surface area contributed by atoms with Gasteiger partial charge in [-0.25, -0.2) is 9.97 Å². The normalized spacial score (nSPS) is 10.3. The van der Waals surface area contributed by atoms with Crippen molar-refractivity contribution in [1.82, 2.24) is 9.97 Å². The molecule has 0 fully saturated rings. The summed E-state index contributed by atoms with van der Waals surface area (Å²) in [6, 6.07) is 10.4. The summed E-state index contributed by atoms with van der Waals surface area (Å²) in [5.74, 6) is 1.67. The van der Waals surface area contributed by atoms with Gasteiger partial charge in [0.2, 0.25) is 0 Å². The Morgan fingerprint density at radius 3 is 2.30 bits per heavy atom. The third kappa shape index (κ3) is 4.20. The molecule has 1 aromatic heterocycles. The van der Waals surface area contributed by atoms with Crippen LogP contribution in [0.15, 0.2) is 41.1 Å². The molecule has 0 atom stereocenters. The summed E-state index contributed by atoms with van der Waals surface area (Å²) >= 11 is 3.55. The van der Waals surface area contributed by atoms with E-state index >= 15 is 0 Å². The van der Waals surface area contributed by atoms with Gasteiger partial charge in [-0.15, -0.1) is 0 Å². The molecule has 0 unspecified atom stereocenters. The van der Waals surface area contributed by atoms with Gasteiger partial charge in [-0.05, 0) is 34.3 Å². The maximum Gasteiger partial charge on any atom is 0.145 e. The summed E-state index contributed by atoms with van der Waals surface area (Å²) in [6.07, 6.45) is 3.61. The molecular formula is C15H19BrN4. The number of nitrogens with zero attached hydrogens (tertiary/aromatic N) is 2. The van der Waals surface area contributed by atoms with Crippen molar-refractivity contribution in [1.29, 1.82) is 0 Å². The number of halogens is 1. The van der Waals surface area contributed by atoms with Gasteiger partial charge < -0.3 is 10.6 Å². The zero-order valence-corrected chi connectivity index (χ0v) is 13.2. The molecule has 2 aromatic rings. The molecule has 0 radical (unpaired) electrons. The molecule has 1 aromatic carbocycles. The molecule has 4 nitrogen and oxygen atoms in total. The van der Waals surface area contributed by atoms with E-state index in [4.69, 9.17) is 0 Å². The highest BCUT2D eigenvalue weighted by atomic mass is 79.9. The van der Waals surface area contributed by atoms with Crippen LogP contribution in [-0.4, -0.2) is 23.1 Å². The molecule has 5 heteroatoms. The van der Waals surface area contributed by atoms with Gasteiger partial charge in [0.15, 0.2) is 0 Å². The number of hydrogen-bond donors (Lipinski definition) is 2. The molecule has 20 heavy (non-hydrogen) atoms. The van der Waals surface area contributed by atoms with Crippen molar-refractivity contribution < 1.29 is 0 Å². The van der Waals surface area contributed by atoms with E-state index in [1.54, 1.807) is 6.33 Å². The van der Waals surface area contributed by atoms with E-state index in [1.807, 2.05) is 6.07 Å². The van der Waals surface area contributed by atoms with E-state index in [0.29, 0.717) is 0 Å². The molecule has 0 saturated carbocycles. The lowest BCUT2D eigenvalue weighted by atomic mass is 10.1. The van der Waals surface area contributed by atoms with E-state index in [-0.39, 0.29) is 0 Å². The minimum Gasteiger partial charge on any atom is -0.369 e. The first-order valence-electron chi connectivity index (χ1n) is 6.83. The number of benzene rings is 1. The van der Waals surface area contributed by atoms with Crippen molar-refractivity contribution >= 4 is 27.6 Å². The molecule has 2 N–H and O–H groups in total. The fraction of sp³-hybridized carbons (Fsp3) is 0.333. The zero-order chi connectivity index (χ0) is 14.2. The third-order valence-electron chi connectivity index (χ3n) is 2.88. The Hall–Kier alpha value is -1.62. The Labute approximate surface area is 128 Å². The average molecular weight is 335 g/mol. The molecule has 0 amide bonds. The van der Waals surface area contributed by atoms with Crippen LogP contribution in [0.5, 0.6) is 0 Å². The second-order valence-electron chi connectivity index (χ2n) is 4.47. The topological polar surface area (TPSA) is 49.8 Å². The first-order chi connectivity index (χ1) is 9.81. The van der Waals surface area contributed by atoms with Crippen LogP contribution in [0.2, 0.25) is 0 Å². The molecule has 0 bridgehead atoms. The highest BCUT2D eigenvalue weighted by molar-refractivity contribution is 9.10. The highest BCUT2D eigenvalue weighted by Gasteiger charge is 2.07. The summed E-state index contributed by atoms with van der Waals surface area (Å²) in [7, 11) is 0. The Kier molecular flexibility index (Phi) is 5.80. The smallest absolute Gasteiger partial charge is 0.145 e. The van der Waals surface area contributed by atoms with E-state index < -0.39 is 0 Å². The Balaban J connectivity index is 1.92. The summed E-state index contributed by atoms with van der Waals surface area (Å²) in [5, 5.41) is 6.61. The SMILES string of the molecule is CCCNc1ncnc(NCCc2ccccc2)c1Br. The molecule has 0 aliphatic heterocycles. The van der Waals surface area contributed by atoms with E-state index in [2.05, 4.69) is 67.7 Å². The minimum atomic E-state index is 0.828. The largest absolute Gasteiger partial charge is 0.369 e. The Morgan fingerprint density at radius 1 is 1.00 bits per heavy atom. The number of hydrogen-bond acceptors (Lipinski definition) is 4. The van der Waals surface area contributed by atoms with Gasteiger partial charge in [-0.3, -0.25) is 0 Å². The molecule has 0 aliphatic carbocycles. The fourth-order valence-electron chi connectivity index (χ4n) is 1.83. The lowest BCUT2D eigenvalue weighted by molar-refractivity contribution is 0.956. The molecule has 1 heterocycles. The minimum absolute atomic E-state index is 0.828. The van der Waals surface area contributed by atoms with Crippen LogP contribution in [-0.2, 0) is 6.42 Å². The molecule has 106 valence electrons. The van der Waals surface area contributed by atoms with E-state index in [0.717, 1.165) is 42.0 Å². The average Bonchev–Trinajstić information content (AvgIpc) is 2.49. The van der Waals surface area contributed by atoms with Crippen molar-refractivity contribution in [3.63, 3.8) is 0 Å². The van der Waals surface area contributed by atoms with Crippen LogP contribution in [0, 0.1) is 0 Å². The summed E-state index contributed by atoms with van der Waals surface area (Å²) < 4.78 is 0.890. The molecule has 0 saturated heterocycles. The lowest BCUT2D eigenvalue weighted by Crippen LogP contribution is -2.09. The van der Waals surface area contributed by atoms with Crippen LogP contribution < -0.4 is 10.6 Å². The van der Waals surface area contributed by atoms with Gasteiger partial charge in [0.1, 0.15) is 22.4 Å². The summed E-state index contributed by atoms with van der Waals surface area (Å²) in [4.78, 5) is 8.50. The van der Waals surface area contributed by atoms with Gasteiger partial charge in [-0.2, -0.15) is 0 Å². The van der Waals surface area contributed by atoms with Gasteiger partial charge in [0, 0.05) is 13.1 Å². The quantitative estimate of drug-likeness (QED) is 0.810. The number of anilines is 2. The molecule has 0 aliphatic rings. The van der Waals surface area contributed by atoms with Crippen LogP contribution >= 0.6 is 15.9 Å². The Morgan fingerprint density at radius 2 is 1.65 bits per heavy atom. The van der Waals surface area contributed by atoms with Crippen molar-refractivity contribution in [3.8, 4) is 0 Å². The second kappa shape index (κ2) is 7.85. The van der Waals surface area contributed by atoms with Gasteiger partial charge in [0.05, 0.1) is 0 Å². The van der Waals surface area contributed by atoms with Crippen molar-refractivity contribution in [2.75, 3.05) is 23.7 Å². The highest BCUT2D eigenvalue weighted by Crippen LogP contribution is 2.26. The monoisotopic (exact) mass is 334 g/mol. The van der Waals surface area contributed by atoms with E-state index in [9.17, 15) is 0 Å². The van der Waals surface area contributed by atoms with Crippen LogP contribution in [0.1, 0.15) is 18.9 Å². The van der Waals surface area contributed by atoms with Gasteiger partial charge in [0.25, 0.3) is 0 Å². The van der Waals surface area contributed by atoms with Gasteiger partial charge in [-0.1, -0.05) is 37.3 Å². The molecule has 2 rings (SSSR count). The number of aromatic nitrogens is 2. The maximum absolute atomic E-state index is 4.27. The second-order valence-corrected chi connectivity index (χ2v) is 5.27. The first kappa shape index (κ1) is 14.8. The fourth-order valence-corrected chi connectivity index (χ4v) is 2.31. The van der Waals surface area contributed by atoms with Crippen LogP contribution in [0.25, 0.3) is 0 Å². The number of rotatable bonds is 7. The van der Waals surface area contributed by atoms with Crippen molar-refractivity contribution in [3.05, 3.63) is 46.7 Å². The third-order valence-corrected chi connectivity index (χ3v) is 3.63. The maximum atomic E-state index is 4.27. The molecular weight excluding hydrogens is 316 g/mol. The zero-order valence-electron chi connectivity index (χ0n) is 11.6. The van der Waals surface area contributed by atoms with Crippen LogP contribution in [0.3, 0.4) is 0 Å².